The van der Waals surface area contributed by atoms with Crippen molar-refractivity contribution in [3.63, 3.8) is 0 Å². The van der Waals surface area contributed by atoms with E-state index in [4.69, 9.17) is 4.74 Å². The molecule has 2 fully saturated rings. The quantitative estimate of drug-likeness (QED) is 0.744. The molecule has 2 saturated heterocycles. The number of likely N-dealkylation sites (tertiary alicyclic amines) is 1. The Morgan fingerprint density at radius 1 is 1.07 bits per heavy atom. The molecule has 148 valence electrons. The van der Waals surface area contributed by atoms with Crippen molar-refractivity contribution in [1.82, 2.24) is 21.1 Å². The molecular weight excluding hydrogens is 352 g/mol. The first-order valence-electron chi connectivity index (χ1n) is 9.98. The normalized spacial score (nSPS) is 23.5. The minimum absolute atomic E-state index is 0.0258. The van der Waals surface area contributed by atoms with Gasteiger partial charge in [-0.3, -0.25) is 9.69 Å². The van der Waals surface area contributed by atoms with E-state index in [1.807, 2.05) is 24.3 Å². The van der Waals surface area contributed by atoms with E-state index >= 15 is 0 Å². The van der Waals surface area contributed by atoms with E-state index in [0.29, 0.717) is 23.5 Å². The predicted octanol–water partition coefficient (Wildman–Crippen LogP) is 2.45. The lowest BCUT2D eigenvalue weighted by atomic mass is 10.0. The molecule has 6 heteroatoms. The molecule has 4 rings (SSSR count). The number of carbonyl (C=O) groups excluding carboxylic acids is 1. The Hall–Kier alpha value is -2.41. The molecule has 28 heavy (non-hydrogen) atoms. The molecule has 1 amide bonds. The Balaban J connectivity index is 1.26. The molecule has 0 aliphatic carbocycles. The molecule has 2 unspecified atom stereocenters. The van der Waals surface area contributed by atoms with Crippen molar-refractivity contribution >= 4 is 5.91 Å². The molecule has 2 heterocycles. The van der Waals surface area contributed by atoms with Crippen LogP contribution in [-0.2, 0) is 0 Å². The van der Waals surface area contributed by atoms with Gasteiger partial charge in [0.2, 0.25) is 0 Å². The molecular formula is C22H28N4O2. The number of hydrazine groups is 1. The fourth-order valence-corrected chi connectivity index (χ4v) is 4.07. The van der Waals surface area contributed by atoms with Crippen LogP contribution in [0.15, 0.2) is 54.6 Å². The van der Waals surface area contributed by atoms with E-state index in [1.165, 1.54) is 5.56 Å². The van der Waals surface area contributed by atoms with Gasteiger partial charge in [-0.05, 0) is 43.0 Å². The first-order chi connectivity index (χ1) is 13.7. The van der Waals surface area contributed by atoms with Crippen LogP contribution < -0.4 is 20.9 Å². The van der Waals surface area contributed by atoms with Crippen molar-refractivity contribution in [3.8, 4) is 5.75 Å². The van der Waals surface area contributed by atoms with Gasteiger partial charge in [-0.1, -0.05) is 36.4 Å². The topological polar surface area (TPSA) is 65.6 Å². The number of nitrogens with one attached hydrogen (secondary N) is 3. The van der Waals surface area contributed by atoms with Crippen molar-refractivity contribution < 1.29 is 9.53 Å². The van der Waals surface area contributed by atoms with Gasteiger partial charge >= 0.3 is 0 Å². The largest absolute Gasteiger partial charge is 0.497 e. The summed E-state index contributed by atoms with van der Waals surface area (Å²) in [6.07, 6.45) is 3.30. The van der Waals surface area contributed by atoms with E-state index in [1.54, 1.807) is 13.2 Å². The number of hydrogen-bond acceptors (Lipinski definition) is 5. The summed E-state index contributed by atoms with van der Waals surface area (Å²) in [6, 6.07) is 18.4. The SMILES string of the molecule is COc1cccc(C(=O)NC2CCN(C3CC(c4ccccc4)NN3)CC2)c1. The smallest absolute Gasteiger partial charge is 0.251 e. The Labute approximate surface area is 166 Å². The summed E-state index contributed by atoms with van der Waals surface area (Å²) in [7, 11) is 1.61. The van der Waals surface area contributed by atoms with Gasteiger partial charge in [0.15, 0.2) is 0 Å². The molecule has 0 saturated carbocycles. The number of hydrogen-bond donors (Lipinski definition) is 3. The fraction of sp³-hybridized carbons (Fsp3) is 0.409. The van der Waals surface area contributed by atoms with Crippen molar-refractivity contribution in [1.29, 1.82) is 0 Å². The summed E-state index contributed by atoms with van der Waals surface area (Å²) in [4.78, 5) is 15.0. The van der Waals surface area contributed by atoms with E-state index < -0.39 is 0 Å². The van der Waals surface area contributed by atoms with Gasteiger partial charge in [-0.25, -0.2) is 10.9 Å². The number of rotatable bonds is 5. The number of nitrogens with zero attached hydrogens (tertiary/aromatic N) is 1. The molecule has 2 aromatic rings. The molecule has 0 spiro atoms. The second kappa shape index (κ2) is 8.73. The van der Waals surface area contributed by atoms with Gasteiger partial charge in [-0.15, -0.1) is 0 Å². The summed E-state index contributed by atoms with van der Waals surface area (Å²) in [5, 5.41) is 3.18. The second-order valence-electron chi connectivity index (χ2n) is 7.52. The third-order valence-corrected chi connectivity index (χ3v) is 5.72. The van der Waals surface area contributed by atoms with Crippen LogP contribution in [0, 0.1) is 0 Å². The zero-order chi connectivity index (χ0) is 19.3. The highest BCUT2D eigenvalue weighted by Crippen LogP contribution is 2.25. The van der Waals surface area contributed by atoms with Crippen LogP contribution in [-0.4, -0.2) is 43.2 Å². The van der Waals surface area contributed by atoms with Crippen molar-refractivity contribution in [2.24, 2.45) is 0 Å². The highest BCUT2D eigenvalue weighted by molar-refractivity contribution is 5.94. The molecule has 2 aromatic carbocycles. The van der Waals surface area contributed by atoms with Crippen molar-refractivity contribution in [2.45, 2.75) is 37.5 Å². The second-order valence-corrected chi connectivity index (χ2v) is 7.52. The Bertz CT molecular complexity index is 790. The summed E-state index contributed by atoms with van der Waals surface area (Å²) in [6.45, 7) is 1.95. The Morgan fingerprint density at radius 3 is 2.61 bits per heavy atom. The number of methoxy groups -OCH3 is 1. The zero-order valence-corrected chi connectivity index (χ0v) is 16.2. The van der Waals surface area contributed by atoms with Gasteiger partial charge in [0, 0.05) is 30.7 Å². The van der Waals surface area contributed by atoms with Crippen LogP contribution in [0.3, 0.4) is 0 Å². The lowest BCUT2D eigenvalue weighted by Crippen LogP contribution is -2.51. The maximum Gasteiger partial charge on any atom is 0.251 e. The van der Waals surface area contributed by atoms with Crippen LogP contribution >= 0.6 is 0 Å². The van der Waals surface area contributed by atoms with Crippen LogP contribution in [0.1, 0.15) is 41.2 Å². The molecule has 2 atom stereocenters. The number of benzene rings is 2. The van der Waals surface area contributed by atoms with Gasteiger partial charge in [-0.2, -0.15) is 0 Å². The van der Waals surface area contributed by atoms with Crippen molar-refractivity contribution in [3.05, 3.63) is 65.7 Å². The Morgan fingerprint density at radius 2 is 1.86 bits per heavy atom. The maximum absolute atomic E-state index is 12.5. The lowest BCUT2D eigenvalue weighted by molar-refractivity contribution is 0.0879. The maximum atomic E-state index is 12.5. The van der Waals surface area contributed by atoms with Crippen LogP contribution in [0.25, 0.3) is 0 Å². The third kappa shape index (κ3) is 4.35. The van der Waals surface area contributed by atoms with E-state index in [2.05, 4.69) is 45.3 Å². The summed E-state index contributed by atoms with van der Waals surface area (Å²) in [5.41, 5.74) is 8.83. The van der Waals surface area contributed by atoms with Gasteiger partial charge in [0.1, 0.15) is 5.75 Å². The molecule has 0 radical (unpaired) electrons. The molecule has 6 nitrogen and oxygen atoms in total. The number of ether oxygens (including phenoxy) is 1. The third-order valence-electron chi connectivity index (χ3n) is 5.72. The summed E-state index contributed by atoms with van der Waals surface area (Å²) < 4.78 is 5.21. The zero-order valence-electron chi connectivity index (χ0n) is 16.2. The first kappa shape index (κ1) is 18.9. The Kier molecular flexibility index (Phi) is 5.90. The van der Waals surface area contributed by atoms with Gasteiger partial charge in [0.05, 0.1) is 13.3 Å². The van der Waals surface area contributed by atoms with Gasteiger partial charge in [0.25, 0.3) is 5.91 Å². The standard InChI is InChI=1S/C22H28N4O2/c1-28-19-9-5-8-17(14-19)22(27)23-18-10-12-26(13-11-18)21-15-20(24-25-21)16-6-3-2-4-7-16/h2-9,14,18,20-21,24-25H,10-13,15H2,1H3,(H,23,27). The summed E-state index contributed by atoms with van der Waals surface area (Å²) >= 11 is 0. The molecule has 0 bridgehead atoms. The van der Waals surface area contributed by atoms with E-state index in [9.17, 15) is 4.79 Å². The molecule has 0 aromatic heterocycles. The van der Waals surface area contributed by atoms with Crippen LogP contribution in [0.2, 0.25) is 0 Å². The summed E-state index contributed by atoms with van der Waals surface area (Å²) in [5.74, 6) is 0.678. The monoisotopic (exact) mass is 380 g/mol. The number of carbonyl (C=O) groups is 1. The highest BCUT2D eigenvalue weighted by Gasteiger charge is 2.32. The average Bonchev–Trinajstić information content (AvgIpc) is 3.25. The number of piperidine rings is 1. The minimum atomic E-state index is -0.0258. The lowest BCUT2D eigenvalue weighted by Gasteiger charge is -2.35. The van der Waals surface area contributed by atoms with E-state index in [0.717, 1.165) is 32.4 Å². The average molecular weight is 380 g/mol. The first-order valence-corrected chi connectivity index (χ1v) is 9.98. The minimum Gasteiger partial charge on any atom is -0.497 e. The number of amides is 1. The predicted molar refractivity (Wildman–Crippen MR) is 109 cm³/mol. The van der Waals surface area contributed by atoms with Crippen LogP contribution in [0.4, 0.5) is 0 Å². The highest BCUT2D eigenvalue weighted by atomic mass is 16.5. The van der Waals surface area contributed by atoms with E-state index in [-0.39, 0.29) is 11.9 Å². The van der Waals surface area contributed by atoms with Crippen LogP contribution in [0.5, 0.6) is 5.75 Å². The van der Waals surface area contributed by atoms with Crippen molar-refractivity contribution in [2.75, 3.05) is 20.2 Å². The van der Waals surface area contributed by atoms with Gasteiger partial charge < -0.3 is 10.1 Å². The molecule has 2 aliphatic rings. The molecule has 3 N–H and O–H groups in total. The fourth-order valence-electron chi connectivity index (χ4n) is 4.07. The molecule has 2 aliphatic heterocycles.